The van der Waals surface area contributed by atoms with Gasteiger partial charge in [0.25, 0.3) is 0 Å². The first kappa shape index (κ1) is 21.7. The van der Waals surface area contributed by atoms with Crippen LogP contribution in [0.3, 0.4) is 0 Å². The van der Waals surface area contributed by atoms with Crippen LogP contribution in [0, 0.1) is 0 Å². The van der Waals surface area contributed by atoms with Gasteiger partial charge < -0.3 is 5.73 Å². The molecule has 0 saturated heterocycles. The summed E-state index contributed by atoms with van der Waals surface area (Å²) in [5, 5.41) is 13.2. The van der Waals surface area contributed by atoms with Crippen molar-refractivity contribution in [3.8, 4) is 11.3 Å². The zero-order valence-electron chi connectivity index (χ0n) is 17.6. The van der Waals surface area contributed by atoms with Crippen LogP contribution in [0.25, 0.3) is 16.9 Å². The smallest absolute Gasteiger partial charge is 0.206 e. The van der Waals surface area contributed by atoms with Crippen LogP contribution in [0.15, 0.2) is 111 Å². The normalized spacial score (nSPS) is 11.9. The molecule has 5 aromatic rings. The number of hydrogen-bond donors (Lipinski definition) is 1. The molecule has 0 amide bonds. The molecule has 0 saturated carbocycles. The lowest BCUT2D eigenvalue weighted by molar-refractivity contribution is 0.596. The van der Waals surface area contributed by atoms with E-state index in [1.165, 1.54) is 0 Å². The number of fused-ring (bicyclic) bond motifs is 1. The van der Waals surface area contributed by atoms with Gasteiger partial charge >= 0.3 is 0 Å². The lowest BCUT2D eigenvalue weighted by atomic mass is 10.1. The van der Waals surface area contributed by atoms with E-state index in [1.54, 1.807) is 95.6 Å². The summed E-state index contributed by atoms with van der Waals surface area (Å²) < 4.78 is 27.3. The number of rotatable bonds is 5. The maximum Gasteiger partial charge on any atom is 0.206 e. The summed E-state index contributed by atoms with van der Waals surface area (Å²) in [7, 11) is -3.61. The van der Waals surface area contributed by atoms with Crippen LogP contribution in [0.2, 0.25) is 5.02 Å². The fourth-order valence-corrected chi connectivity index (χ4v) is 4.90. The van der Waals surface area contributed by atoms with Crippen molar-refractivity contribution < 1.29 is 8.42 Å². The van der Waals surface area contributed by atoms with E-state index in [9.17, 15) is 8.42 Å². The van der Waals surface area contributed by atoms with Crippen molar-refractivity contribution in [1.29, 1.82) is 0 Å². The van der Waals surface area contributed by atoms with E-state index in [2.05, 4.69) is 20.3 Å². The summed E-state index contributed by atoms with van der Waals surface area (Å²) in [5.41, 5.74) is 8.72. The van der Waals surface area contributed by atoms with Crippen LogP contribution in [0.5, 0.6) is 0 Å². The Labute approximate surface area is 200 Å². The van der Waals surface area contributed by atoms with Crippen LogP contribution in [-0.2, 0) is 9.84 Å². The average Bonchev–Trinajstić information content (AvgIpc) is 3.19. The van der Waals surface area contributed by atoms with Crippen molar-refractivity contribution in [3.05, 3.63) is 96.1 Å². The fourth-order valence-electron chi connectivity index (χ4n) is 3.44. The van der Waals surface area contributed by atoms with Crippen molar-refractivity contribution in [2.24, 2.45) is 10.2 Å². The second kappa shape index (κ2) is 8.69. The third-order valence-corrected chi connectivity index (χ3v) is 7.25. The molecule has 2 N–H and O–H groups in total. The number of nitrogen functional groups attached to an aromatic ring is 1. The third kappa shape index (κ3) is 3.91. The zero-order chi connectivity index (χ0) is 23.7. The van der Waals surface area contributed by atoms with Crippen molar-refractivity contribution in [2.75, 3.05) is 5.73 Å². The molecule has 3 aromatic carbocycles. The largest absolute Gasteiger partial charge is 0.380 e. The SMILES string of the molecule is Nc1nn2c(-c3ccc(S(=O)(=O)c4ccccc4)cc3)ccnc2c1N=Nc1ccccc1Cl. The molecule has 0 unspecified atom stereocenters. The van der Waals surface area contributed by atoms with E-state index < -0.39 is 9.84 Å². The number of aromatic nitrogens is 3. The van der Waals surface area contributed by atoms with Gasteiger partial charge in [-0.1, -0.05) is 54.1 Å². The molecule has 0 radical (unpaired) electrons. The zero-order valence-corrected chi connectivity index (χ0v) is 19.1. The van der Waals surface area contributed by atoms with E-state index in [-0.39, 0.29) is 15.6 Å². The van der Waals surface area contributed by atoms with E-state index in [0.717, 1.165) is 5.56 Å². The summed E-state index contributed by atoms with van der Waals surface area (Å²) in [6.45, 7) is 0. The van der Waals surface area contributed by atoms with Crippen LogP contribution >= 0.6 is 11.6 Å². The number of azo groups is 1. The molecule has 34 heavy (non-hydrogen) atoms. The number of sulfone groups is 1. The number of nitrogens with two attached hydrogens (primary N) is 1. The quantitative estimate of drug-likeness (QED) is 0.310. The molecule has 0 atom stereocenters. The molecular weight excluding hydrogens is 472 g/mol. The van der Waals surface area contributed by atoms with Crippen LogP contribution in [-0.4, -0.2) is 23.0 Å². The van der Waals surface area contributed by atoms with Crippen LogP contribution in [0.1, 0.15) is 0 Å². The van der Waals surface area contributed by atoms with Gasteiger partial charge in [-0.2, -0.15) is 0 Å². The lowest BCUT2D eigenvalue weighted by Gasteiger charge is -2.07. The molecule has 0 spiro atoms. The summed E-state index contributed by atoms with van der Waals surface area (Å²) >= 11 is 6.15. The molecule has 0 aliphatic heterocycles. The topological polar surface area (TPSA) is 115 Å². The van der Waals surface area contributed by atoms with E-state index >= 15 is 0 Å². The highest BCUT2D eigenvalue weighted by molar-refractivity contribution is 7.91. The first-order valence-corrected chi connectivity index (χ1v) is 12.0. The summed E-state index contributed by atoms with van der Waals surface area (Å²) in [6, 6.07) is 23.7. The Hall–Kier alpha value is -4.08. The Balaban J connectivity index is 1.53. The van der Waals surface area contributed by atoms with Crippen molar-refractivity contribution in [1.82, 2.24) is 14.6 Å². The monoisotopic (exact) mass is 488 g/mol. The Bertz CT molecular complexity index is 1630. The molecule has 0 bridgehead atoms. The van der Waals surface area contributed by atoms with Gasteiger partial charge in [-0.05, 0) is 42.5 Å². The van der Waals surface area contributed by atoms with Crippen LogP contribution < -0.4 is 5.73 Å². The van der Waals surface area contributed by atoms with E-state index in [4.69, 9.17) is 17.3 Å². The number of nitrogens with zero attached hydrogens (tertiary/aromatic N) is 5. The molecular formula is C24H17ClN6O2S. The van der Waals surface area contributed by atoms with Gasteiger partial charge in [-0.15, -0.1) is 15.3 Å². The van der Waals surface area contributed by atoms with Gasteiger partial charge in [0.1, 0.15) is 5.69 Å². The number of benzene rings is 3. The molecule has 168 valence electrons. The molecule has 0 fully saturated rings. The van der Waals surface area contributed by atoms with Crippen molar-refractivity contribution in [2.45, 2.75) is 9.79 Å². The van der Waals surface area contributed by atoms with Gasteiger partial charge in [-0.25, -0.2) is 17.9 Å². The second-order valence-electron chi connectivity index (χ2n) is 7.29. The molecule has 2 heterocycles. The summed E-state index contributed by atoms with van der Waals surface area (Å²) in [5.74, 6) is 0.152. The highest BCUT2D eigenvalue weighted by atomic mass is 35.5. The Morgan fingerprint density at radius 2 is 1.50 bits per heavy atom. The molecule has 5 rings (SSSR count). The minimum atomic E-state index is -3.61. The maximum atomic E-state index is 12.9. The van der Waals surface area contributed by atoms with E-state index in [0.29, 0.717) is 27.7 Å². The molecule has 0 aliphatic carbocycles. The predicted octanol–water partition coefficient (Wildman–Crippen LogP) is 5.88. The predicted molar refractivity (Wildman–Crippen MR) is 130 cm³/mol. The Morgan fingerprint density at radius 3 is 2.24 bits per heavy atom. The highest BCUT2D eigenvalue weighted by Gasteiger charge is 2.18. The first-order chi connectivity index (χ1) is 16.4. The summed E-state index contributed by atoms with van der Waals surface area (Å²) in [4.78, 5) is 4.79. The minimum absolute atomic E-state index is 0.152. The van der Waals surface area contributed by atoms with Gasteiger partial charge in [0.05, 0.1) is 20.5 Å². The Morgan fingerprint density at radius 1 is 0.824 bits per heavy atom. The van der Waals surface area contributed by atoms with Gasteiger partial charge in [-0.3, -0.25) is 0 Å². The van der Waals surface area contributed by atoms with Gasteiger partial charge in [0.2, 0.25) is 9.84 Å². The standard InChI is InChI=1S/C24H17ClN6O2S/c25-19-8-4-5-9-20(19)28-29-22-23(26)30-31-21(14-15-27-24(22)31)16-10-12-18(13-11-16)34(32,33)17-6-2-1-3-7-17/h1-15H,(H2,26,30). The highest BCUT2D eigenvalue weighted by Crippen LogP contribution is 2.33. The average molecular weight is 489 g/mol. The fraction of sp³-hybridized carbons (Fsp3) is 0. The lowest BCUT2D eigenvalue weighted by Crippen LogP contribution is -2.02. The third-order valence-electron chi connectivity index (χ3n) is 5.14. The number of halogens is 1. The first-order valence-electron chi connectivity index (χ1n) is 10.2. The molecule has 8 nitrogen and oxygen atoms in total. The maximum absolute atomic E-state index is 12.9. The summed E-state index contributed by atoms with van der Waals surface area (Å²) in [6.07, 6.45) is 1.61. The van der Waals surface area contributed by atoms with Gasteiger partial charge in [0.15, 0.2) is 17.2 Å². The number of hydrogen-bond acceptors (Lipinski definition) is 7. The van der Waals surface area contributed by atoms with E-state index in [1.807, 2.05) is 0 Å². The van der Waals surface area contributed by atoms with Crippen LogP contribution in [0.4, 0.5) is 17.2 Å². The molecule has 0 aliphatic rings. The number of anilines is 1. The minimum Gasteiger partial charge on any atom is -0.380 e. The second-order valence-corrected chi connectivity index (χ2v) is 9.65. The Kier molecular flexibility index (Phi) is 5.56. The van der Waals surface area contributed by atoms with Crippen molar-refractivity contribution in [3.63, 3.8) is 0 Å². The molecule has 10 heteroatoms. The van der Waals surface area contributed by atoms with Crippen molar-refractivity contribution >= 4 is 44.3 Å². The molecule has 2 aromatic heterocycles. The van der Waals surface area contributed by atoms with Gasteiger partial charge in [0, 0.05) is 11.8 Å².